The van der Waals surface area contributed by atoms with Gasteiger partial charge in [0.05, 0.1) is 33.1 Å². The van der Waals surface area contributed by atoms with E-state index in [1.165, 1.54) is 35.7 Å². The standard InChI is InChI=1S/C30H39FN6O5S2/c1-18(2)42-29(39)36-20-10-8-19(9-11-20)27-33-17-25(43-27)22-13-12-21(15-26(22)44(40,41)37-30(3,4)5)35-28(38)34-16-24-23(31)7-6-14-32-24/h6-7,12-15,17-20,37H,8-11,16H2,1-5H3,(H,36,39)(H2,34,35,38). The fourth-order valence-electron chi connectivity index (χ4n) is 4.87. The van der Waals surface area contributed by atoms with E-state index in [1.807, 2.05) is 13.8 Å². The molecule has 1 fully saturated rings. The summed E-state index contributed by atoms with van der Waals surface area (Å²) in [7, 11) is -4.01. The maximum absolute atomic E-state index is 13.9. The summed E-state index contributed by atoms with van der Waals surface area (Å²) in [5.41, 5.74) is 0.0268. The Bertz CT molecular complexity index is 1580. The van der Waals surface area contributed by atoms with Crippen LogP contribution >= 0.6 is 11.3 Å². The fourth-order valence-corrected chi connectivity index (χ4v) is 7.73. The van der Waals surface area contributed by atoms with E-state index in [0.29, 0.717) is 10.4 Å². The molecule has 0 bridgehead atoms. The average Bonchev–Trinajstić information content (AvgIpc) is 3.41. The molecule has 0 aliphatic heterocycles. The Balaban J connectivity index is 1.51. The molecule has 2 heterocycles. The van der Waals surface area contributed by atoms with Crippen LogP contribution in [0.3, 0.4) is 0 Å². The smallest absolute Gasteiger partial charge is 0.407 e. The van der Waals surface area contributed by atoms with E-state index in [2.05, 4.69) is 30.6 Å². The molecule has 1 saturated carbocycles. The molecule has 14 heteroatoms. The molecular formula is C30H39FN6O5S2. The number of hydrogen-bond acceptors (Lipinski definition) is 8. The molecule has 1 aliphatic rings. The number of alkyl carbamates (subject to hydrolysis) is 1. The molecule has 4 N–H and O–H groups in total. The molecule has 11 nitrogen and oxygen atoms in total. The van der Waals surface area contributed by atoms with Gasteiger partial charge in [-0.05, 0) is 84.6 Å². The number of anilines is 1. The third kappa shape index (κ3) is 9.19. The van der Waals surface area contributed by atoms with E-state index in [4.69, 9.17) is 4.74 Å². The van der Waals surface area contributed by atoms with Gasteiger partial charge in [0.25, 0.3) is 0 Å². The highest BCUT2D eigenvalue weighted by atomic mass is 32.2. The van der Waals surface area contributed by atoms with Gasteiger partial charge in [-0.1, -0.05) is 6.07 Å². The first-order chi connectivity index (χ1) is 20.7. The van der Waals surface area contributed by atoms with Crippen LogP contribution < -0.4 is 20.7 Å². The predicted octanol–water partition coefficient (Wildman–Crippen LogP) is 5.90. The molecular weight excluding hydrogens is 607 g/mol. The van der Waals surface area contributed by atoms with Gasteiger partial charge < -0.3 is 20.7 Å². The molecule has 2 aromatic heterocycles. The summed E-state index contributed by atoms with van der Waals surface area (Å²) in [5, 5.41) is 8.99. The number of carbonyl (C=O) groups excluding carboxylic acids is 2. The summed E-state index contributed by atoms with van der Waals surface area (Å²) >= 11 is 1.43. The Morgan fingerprint density at radius 1 is 1.11 bits per heavy atom. The number of urea groups is 1. The van der Waals surface area contributed by atoms with Crippen molar-refractivity contribution in [1.29, 1.82) is 0 Å². The summed E-state index contributed by atoms with van der Waals surface area (Å²) in [5.74, 6) is -0.354. The molecule has 1 aliphatic carbocycles. The van der Waals surface area contributed by atoms with Gasteiger partial charge in [-0.2, -0.15) is 0 Å². The first-order valence-electron chi connectivity index (χ1n) is 14.5. The first kappa shape index (κ1) is 33.3. The SMILES string of the molecule is CC(C)OC(=O)NC1CCC(c2ncc(-c3ccc(NC(=O)NCc4ncccc4F)cc3S(=O)(=O)NC(C)(C)C)s2)CC1. The lowest BCUT2D eigenvalue weighted by Crippen LogP contribution is -2.40. The molecule has 0 unspecified atom stereocenters. The second-order valence-corrected chi connectivity index (χ2v) is 14.7. The molecule has 0 atom stereocenters. The van der Waals surface area contributed by atoms with Gasteiger partial charge in [0.15, 0.2) is 0 Å². The molecule has 1 aromatic carbocycles. The van der Waals surface area contributed by atoms with E-state index in [1.54, 1.807) is 39.1 Å². The third-order valence-corrected chi connectivity index (χ3v) is 9.74. The molecule has 0 saturated heterocycles. The minimum atomic E-state index is -4.01. The molecule has 238 valence electrons. The Hall–Kier alpha value is -3.62. The van der Waals surface area contributed by atoms with Crippen molar-refractivity contribution < 1.29 is 27.1 Å². The predicted molar refractivity (Wildman–Crippen MR) is 167 cm³/mol. The Morgan fingerprint density at radius 3 is 2.50 bits per heavy atom. The van der Waals surface area contributed by atoms with Crippen molar-refractivity contribution in [2.45, 2.75) is 95.3 Å². The summed E-state index contributed by atoms with van der Waals surface area (Å²) in [4.78, 5) is 33.8. The number of pyridine rings is 1. The number of halogens is 1. The van der Waals surface area contributed by atoms with Crippen molar-refractivity contribution in [2.75, 3.05) is 5.32 Å². The summed E-state index contributed by atoms with van der Waals surface area (Å²) in [6.07, 6.45) is 5.75. The maximum atomic E-state index is 13.9. The number of nitrogens with zero attached hydrogens (tertiary/aromatic N) is 2. The Kier molecular flexibility index (Phi) is 10.6. The van der Waals surface area contributed by atoms with Crippen molar-refractivity contribution >= 4 is 39.2 Å². The van der Waals surface area contributed by atoms with E-state index in [0.717, 1.165) is 30.7 Å². The second-order valence-electron chi connectivity index (χ2n) is 12.0. The molecule has 44 heavy (non-hydrogen) atoms. The number of rotatable bonds is 9. The van der Waals surface area contributed by atoms with Crippen LogP contribution in [-0.2, 0) is 21.3 Å². The van der Waals surface area contributed by atoms with Crippen LogP contribution in [-0.4, -0.2) is 48.2 Å². The lowest BCUT2D eigenvalue weighted by molar-refractivity contribution is 0.109. The summed E-state index contributed by atoms with van der Waals surface area (Å²) < 4.78 is 48.9. The number of sulfonamides is 1. The van der Waals surface area contributed by atoms with Gasteiger partial charge in [-0.3, -0.25) is 4.98 Å². The molecule has 0 spiro atoms. The van der Waals surface area contributed by atoms with Gasteiger partial charge in [-0.25, -0.2) is 32.1 Å². The Labute approximate surface area is 261 Å². The van der Waals surface area contributed by atoms with E-state index < -0.39 is 33.5 Å². The van der Waals surface area contributed by atoms with Gasteiger partial charge in [0, 0.05) is 41.1 Å². The highest BCUT2D eigenvalue weighted by Gasteiger charge is 2.29. The second kappa shape index (κ2) is 14.0. The van der Waals surface area contributed by atoms with Gasteiger partial charge >= 0.3 is 12.1 Å². The van der Waals surface area contributed by atoms with Crippen molar-refractivity contribution in [3.05, 3.63) is 59.2 Å². The normalized spacial score (nSPS) is 17.2. The molecule has 3 aromatic rings. The average molecular weight is 647 g/mol. The molecule has 3 amide bonds. The lowest BCUT2D eigenvalue weighted by Gasteiger charge is -2.28. The number of carbonyl (C=O) groups is 2. The number of thiazole rings is 1. The van der Waals surface area contributed by atoms with Crippen LogP contribution in [0, 0.1) is 5.82 Å². The summed E-state index contributed by atoms with van der Waals surface area (Å²) in [6.45, 7) is 8.71. The highest BCUT2D eigenvalue weighted by molar-refractivity contribution is 7.89. The highest BCUT2D eigenvalue weighted by Crippen LogP contribution is 2.40. The zero-order valence-corrected chi connectivity index (χ0v) is 27.1. The van der Waals surface area contributed by atoms with Crippen LogP contribution in [0.1, 0.15) is 76.9 Å². The zero-order chi connectivity index (χ0) is 32.1. The summed E-state index contributed by atoms with van der Waals surface area (Å²) in [6, 6.07) is 6.76. The Morgan fingerprint density at radius 2 is 1.84 bits per heavy atom. The molecule has 0 radical (unpaired) electrons. The number of aromatic nitrogens is 2. The zero-order valence-electron chi connectivity index (χ0n) is 25.4. The maximum Gasteiger partial charge on any atom is 0.407 e. The number of benzene rings is 1. The van der Waals surface area contributed by atoms with Crippen LogP contribution in [0.4, 0.5) is 19.7 Å². The minimum Gasteiger partial charge on any atom is -0.447 e. The lowest BCUT2D eigenvalue weighted by atomic mass is 9.86. The van der Waals surface area contributed by atoms with Gasteiger partial charge in [0.1, 0.15) is 5.82 Å². The molecule has 4 rings (SSSR count). The number of ether oxygens (including phenoxy) is 1. The van der Waals surface area contributed by atoms with Crippen LogP contribution in [0.2, 0.25) is 0 Å². The van der Waals surface area contributed by atoms with Crippen LogP contribution in [0.15, 0.2) is 47.6 Å². The van der Waals surface area contributed by atoms with Crippen LogP contribution in [0.25, 0.3) is 10.4 Å². The quantitative estimate of drug-likeness (QED) is 0.226. The topological polar surface area (TPSA) is 151 Å². The number of hydrogen-bond donors (Lipinski definition) is 4. The van der Waals surface area contributed by atoms with E-state index in [-0.39, 0.29) is 40.9 Å². The minimum absolute atomic E-state index is 0.00670. The number of nitrogens with one attached hydrogen (secondary N) is 4. The van der Waals surface area contributed by atoms with Crippen molar-refractivity contribution in [1.82, 2.24) is 25.3 Å². The van der Waals surface area contributed by atoms with Crippen molar-refractivity contribution in [2.24, 2.45) is 0 Å². The fraction of sp³-hybridized carbons (Fsp3) is 0.467. The van der Waals surface area contributed by atoms with Crippen molar-refractivity contribution in [3.63, 3.8) is 0 Å². The van der Waals surface area contributed by atoms with Gasteiger partial charge in [-0.15, -0.1) is 11.3 Å². The monoisotopic (exact) mass is 646 g/mol. The van der Waals surface area contributed by atoms with E-state index in [9.17, 15) is 22.4 Å². The van der Waals surface area contributed by atoms with Crippen LogP contribution in [0.5, 0.6) is 0 Å². The first-order valence-corrected chi connectivity index (χ1v) is 16.8. The third-order valence-electron chi connectivity index (χ3n) is 6.75. The van der Waals surface area contributed by atoms with E-state index >= 15 is 0 Å². The largest absolute Gasteiger partial charge is 0.447 e. The number of amides is 3. The van der Waals surface area contributed by atoms with Crippen molar-refractivity contribution in [3.8, 4) is 10.4 Å². The van der Waals surface area contributed by atoms with Gasteiger partial charge in [0.2, 0.25) is 10.0 Å².